The number of carbonyl (C=O) groups is 1. The molecule has 0 aliphatic carbocycles. The van der Waals surface area contributed by atoms with Gasteiger partial charge in [0.1, 0.15) is 5.60 Å². The largest absolute Gasteiger partial charge is 0.459 e. The van der Waals surface area contributed by atoms with Gasteiger partial charge in [0.2, 0.25) is 0 Å². The van der Waals surface area contributed by atoms with Crippen LogP contribution in [0.4, 0.5) is 0 Å². The molecule has 0 radical (unpaired) electrons. The summed E-state index contributed by atoms with van der Waals surface area (Å²) in [6, 6.07) is 0.530. The predicted molar refractivity (Wildman–Crippen MR) is 78.2 cm³/mol. The van der Waals surface area contributed by atoms with Crippen molar-refractivity contribution in [3.63, 3.8) is 0 Å². The number of esters is 1. The van der Waals surface area contributed by atoms with Gasteiger partial charge in [-0.05, 0) is 53.1 Å². The van der Waals surface area contributed by atoms with Gasteiger partial charge >= 0.3 is 5.97 Å². The number of piperidine rings is 1. The Bertz CT molecular complexity index is 268. The standard InChI is InChI=1S/C15H30N2O2/c1-5-10-17(11-13-8-6-7-9-16-13)12-14(18)19-15(2,3)4/h13,16H,5-12H2,1-4H3. The number of nitrogens with one attached hydrogen (secondary N) is 1. The van der Waals surface area contributed by atoms with Crippen molar-refractivity contribution in [1.29, 1.82) is 0 Å². The molecule has 0 amide bonds. The van der Waals surface area contributed by atoms with Crippen molar-refractivity contribution in [2.45, 2.75) is 65.0 Å². The van der Waals surface area contributed by atoms with Crippen LogP contribution in [-0.4, -0.2) is 48.7 Å². The van der Waals surface area contributed by atoms with Gasteiger partial charge in [-0.15, -0.1) is 0 Å². The van der Waals surface area contributed by atoms with Gasteiger partial charge in [-0.1, -0.05) is 13.3 Å². The molecule has 4 nitrogen and oxygen atoms in total. The first kappa shape index (κ1) is 16.4. The number of rotatable bonds is 6. The zero-order valence-electron chi connectivity index (χ0n) is 13.0. The van der Waals surface area contributed by atoms with Crippen LogP contribution >= 0.6 is 0 Å². The zero-order chi connectivity index (χ0) is 14.3. The summed E-state index contributed by atoms with van der Waals surface area (Å²) in [5.41, 5.74) is -0.391. The van der Waals surface area contributed by atoms with Crippen LogP contribution in [0.3, 0.4) is 0 Å². The van der Waals surface area contributed by atoms with Crippen molar-refractivity contribution in [2.75, 3.05) is 26.2 Å². The lowest BCUT2D eigenvalue weighted by atomic mass is 10.0. The van der Waals surface area contributed by atoms with E-state index in [4.69, 9.17) is 4.74 Å². The third-order valence-corrected chi connectivity index (χ3v) is 3.20. The highest BCUT2D eigenvalue weighted by Gasteiger charge is 2.21. The lowest BCUT2D eigenvalue weighted by Crippen LogP contribution is -2.46. The topological polar surface area (TPSA) is 41.6 Å². The van der Waals surface area contributed by atoms with Gasteiger partial charge in [0.05, 0.1) is 6.54 Å². The second-order valence-electron chi connectivity index (χ2n) is 6.47. The van der Waals surface area contributed by atoms with E-state index in [1.165, 1.54) is 19.3 Å². The SMILES string of the molecule is CCCN(CC(=O)OC(C)(C)C)CC1CCCCN1. The third-order valence-electron chi connectivity index (χ3n) is 3.20. The highest BCUT2D eigenvalue weighted by Crippen LogP contribution is 2.11. The van der Waals surface area contributed by atoms with Gasteiger partial charge in [0.15, 0.2) is 0 Å². The first-order valence-corrected chi connectivity index (χ1v) is 7.58. The maximum atomic E-state index is 11.9. The molecule has 4 heteroatoms. The Morgan fingerprint density at radius 2 is 2.11 bits per heavy atom. The molecule has 1 unspecified atom stereocenters. The highest BCUT2D eigenvalue weighted by atomic mass is 16.6. The number of hydrogen-bond donors (Lipinski definition) is 1. The molecule has 1 fully saturated rings. The number of hydrogen-bond acceptors (Lipinski definition) is 4. The first-order chi connectivity index (χ1) is 8.90. The molecule has 1 heterocycles. The molecule has 1 N–H and O–H groups in total. The van der Waals surface area contributed by atoms with Crippen LogP contribution in [0.25, 0.3) is 0 Å². The molecular formula is C15H30N2O2. The first-order valence-electron chi connectivity index (χ1n) is 7.58. The monoisotopic (exact) mass is 270 g/mol. The summed E-state index contributed by atoms with van der Waals surface area (Å²) in [6.45, 7) is 11.3. The number of carbonyl (C=O) groups excluding carboxylic acids is 1. The van der Waals surface area contributed by atoms with Gasteiger partial charge in [-0.25, -0.2) is 0 Å². The van der Waals surface area contributed by atoms with Crippen molar-refractivity contribution < 1.29 is 9.53 Å². The van der Waals surface area contributed by atoms with E-state index in [0.29, 0.717) is 12.6 Å². The molecule has 1 atom stereocenters. The molecule has 112 valence electrons. The van der Waals surface area contributed by atoms with Crippen molar-refractivity contribution >= 4 is 5.97 Å². The Labute approximate surface area is 117 Å². The fourth-order valence-electron chi connectivity index (χ4n) is 2.50. The van der Waals surface area contributed by atoms with E-state index in [2.05, 4.69) is 17.1 Å². The van der Waals surface area contributed by atoms with Crippen LogP contribution in [0.15, 0.2) is 0 Å². The van der Waals surface area contributed by atoms with Crippen LogP contribution in [-0.2, 0) is 9.53 Å². The minimum absolute atomic E-state index is 0.114. The Morgan fingerprint density at radius 1 is 1.37 bits per heavy atom. The highest BCUT2D eigenvalue weighted by molar-refractivity contribution is 5.72. The average Bonchev–Trinajstić information content (AvgIpc) is 2.27. The van der Waals surface area contributed by atoms with Gasteiger partial charge in [0, 0.05) is 12.6 Å². The normalized spacial score (nSPS) is 20.6. The van der Waals surface area contributed by atoms with E-state index in [0.717, 1.165) is 26.1 Å². The molecule has 1 aliphatic rings. The summed E-state index contributed by atoms with van der Waals surface area (Å²) in [7, 11) is 0. The van der Waals surface area contributed by atoms with Crippen molar-refractivity contribution in [3.05, 3.63) is 0 Å². The molecule has 0 aromatic heterocycles. The predicted octanol–water partition coefficient (Wildman–Crippen LogP) is 2.18. The van der Waals surface area contributed by atoms with E-state index >= 15 is 0 Å². The Morgan fingerprint density at radius 3 is 2.63 bits per heavy atom. The van der Waals surface area contributed by atoms with E-state index < -0.39 is 5.60 Å². The maximum Gasteiger partial charge on any atom is 0.320 e. The van der Waals surface area contributed by atoms with Crippen molar-refractivity contribution in [3.8, 4) is 0 Å². The minimum Gasteiger partial charge on any atom is -0.459 e. The lowest BCUT2D eigenvalue weighted by molar-refractivity contribution is -0.156. The van der Waals surface area contributed by atoms with Crippen LogP contribution in [0, 0.1) is 0 Å². The molecule has 0 aromatic rings. The molecule has 1 saturated heterocycles. The Hall–Kier alpha value is -0.610. The van der Waals surface area contributed by atoms with E-state index in [-0.39, 0.29) is 5.97 Å². The summed E-state index contributed by atoms with van der Waals surface area (Å²) < 4.78 is 5.40. The summed E-state index contributed by atoms with van der Waals surface area (Å²) in [5.74, 6) is -0.114. The molecule has 1 aliphatic heterocycles. The van der Waals surface area contributed by atoms with Gasteiger partial charge in [-0.3, -0.25) is 9.69 Å². The van der Waals surface area contributed by atoms with Crippen molar-refractivity contribution in [2.24, 2.45) is 0 Å². The third kappa shape index (κ3) is 7.53. The zero-order valence-corrected chi connectivity index (χ0v) is 13.0. The van der Waals surface area contributed by atoms with Gasteiger partial charge in [0.25, 0.3) is 0 Å². The van der Waals surface area contributed by atoms with Crippen molar-refractivity contribution in [1.82, 2.24) is 10.2 Å². The summed E-state index contributed by atoms with van der Waals surface area (Å²) >= 11 is 0. The molecule has 0 spiro atoms. The van der Waals surface area contributed by atoms with Gasteiger partial charge < -0.3 is 10.1 Å². The molecule has 0 saturated carbocycles. The smallest absolute Gasteiger partial charge is 0.320 e. The Balaban J connectivity index is 2.40. The van der Waals surface area contributed by atoms with E-state index in [1.54, 1.807) is 0 Å². The molecule has 0 aromatic carbocycles. The second kappa shape index (κ2) is 7.85. The lowest BCUT2D eigenvalue weighted by Gasteiger charge is -2.30. The van der Waals surface area contributed by atoms with Crippen LogP contribution < -0.4 is 5.32 Å². The summed E-state index contributed by atoms with van der Waals surface area (Å²) in [6.07, 6.45) is 4.85. The van der Waals surface area contributed by atoms with Crippen LogP contribution in [0.2, 0.25) is 0 Å². The number of ether oxygens (including phenoxy) is 1. The molecule has 1 rings (SSSR count). The summed E-state index contributed by atoms with van der Waals surface area (Å²) in [5, 5.41) is 3.54. The number of nitrogens with zero attached hydrogens (tertiary/aromatic N) is 1. The molecular weight excluding hydrogens is 240 g/mol. The van der Waals surface area contributed by atoms with E-state index in [9.17, 15) is 4.79 Å². The minimum atomic E-state index is -0.391. The second-order valence-corrected chi connectivity index (χ2v) is 6.47. The maximum absolute atomic E-state index is 11.9. The van der Waals surface area contributed by atoms with Crippen LogP contribution in [0.5, 0.6) is 0 Å². The van der Waals surface area contributed by atoms with Crippen LogP contribution in [0.1, 0.15) is 53.4 Å². The average molecular weight is 270 g/mol. The van der Waals surface area contributed by atoms with E-state index in [1.807, 2.05) is 20.8 Å². The Kier molecular flexibility index (Phi) is 6.80. The fourth-order valence-corrected chi connectivity index (χ4v) is 2.50. The van der Waals surface area contributed by atoms with Gasteiger partial charge in [-0.2, -0.15) is 0 Å². The quantitative estimate of drug-likeness (QED) is 0.751. The fraction of sp³-hybridized carbons (Fsp3) is 0.933. The molecule has 19 heavy (non-hydrogen) atoms. The summed E-state index contributed by atoms with van der Waals surface area (Å²) in [4.78, 5) is 14.1. The molecule has 0 bridgehead atoms.